The zero-order chi connectivity index (χ0) is 19.7. The number of aromatic nitrogens is 2. The molecule has 0 unspecified atom stereocenters. The smallest absolute Gasteiger partial charge is 0.322 e. The lowest BCUT2D eigenvalue weighted by molar-refractivity contribution is -0.384. The Balaban J connectivity index is 1.57. The number of carbonyl (C=O) groups excluding carboxylic acids is 1. The molecule has 0 bridgehead atoms. The third-order valence-electron chi connectivity index (χ3n) is 3.90. The number of benzene rings is 2. The lowest BCUT2D eigenvalue weighted by Gasteiger charge is -2.00. The zero-order valence-corrected chi connectivity index (χ0v) is 14.4. The second-order valence-electron chi connectivity index (χ2n) is 5.66. The number of hydrogen-bond donors (Lipinski definition) is 1. The van der Waals surface area contributed by atoms with Crippen molar-refractivity contribution in [2.75, 3.05) is 12.4 Å². The van der Waals surface area contributed by atoms with Gasteiger partial charge in [0.1, 0.15) is 0 Å². The number of nitrogens with one attached hydrogen (secondary N) is 1. The van der Waals surface area contributed by atoms with Gasteiger partial charge < -0.3 is 13.6 Å². The zero-order valence-electron chi connectivity index (χ0n) is 14.4. The molecule has 0 radical (unpaired) electrons. The molecule has 0 aliphatic rings. The van der Waals surface area contributed by atoms with Crippen LogP contribution in [0.5, 0.6) is 5.75 Å². The number of nitrogens with zero attached hydrogens (tertiary/aromatic N) is 3. The standard InChI is InChI=1S/C18H12N4O6/c1-26-13-7-3-4-10-9-14(27-15(10)13)17-20-21-18(28-17)19-16(23)11-5-2-6-12(8-11)22(24)25/h2-9H,1H3,(H,19,21,23). The second kappa shape index (κ2) is 6.83. The van der Waals surface area contributed by atoms with Crippen LogP contribution in [-0.2, 0) is 0 Å². The van der Waals surface area contributed by atoms with Crippen molar-refractivity contribution in [3.8, 4) is 17.4 Å². The number of ether oxygens (including phenoxy) is 1. The lowest BCUT2D eigenvalue weighted by Crippen LogP contribution is -2.12. The van der Waals surface area contributed by atoms with Crippen LogP contribution in [0.1, 0.15) is 10.4 Å². The van der Waals surface area contributed by atoms with Gasteiger partial charge in [0.15, 0.2) is 17.1 Å². The van der Waals surface area contributed by atoms with Gasteiger partial charge in [-0.15, -0.1) is 5.10 Å². The van der Waals surface area contributed by atoms with Crippen molar-refractivity contribution in [1.82, 2.24) is 10.2 Å². The fraction of sp³-hybridized carbons (Fsp3) is 0.0556. The molecule has 1 N–H and O–H groups in total. The van der Waals surface area contributed by atoms with Crippen LogP contribution in [0.25, 0.3) is 22.6 Å². The maximum atomic E-state index is 12.3. The number of methoxy groups -OCH3 is 1. The van der Waals surface area contributed by atoms with Crippen LogP contribution in [0, 0.1) is 10.1 Å². The Morgan fingerprint density at radius 3 is 2.75 bits per heavy atom. The van der Waals surface area contributed by atoms with Gasteiger partial charge in [-0.2, -0.15) is 0 Å². The molecule has 0 atom stereocenters. The first kappa shape index (κ1) is 17.2. The van der Waals surface area contributed by atoms with Crippen LogP contribution in [-0.4, -0.2) is 28.1 Å². The number of nitro benzene ring substituents is 1. The predicted molar refractivity (Wildman–Crippen MR) is 97.1 cm³/mol. The number of rotatable bonds is 5. The summed E-state index contributed by atoms with van der Waals surface area (Å²) < 4.78 is 16.4. The minimum atomic E-state index is -0.620. The SMILES string of the molecule is COc1cccc2cc(-c3nnc(NC(=O)c4cccc([N+](=O)[O-])c4)o3)oc12. The Bertz CT molecular complexity index is 1200. The van der Waals surface area contributed by atoms with E-state index < -0.39 is 10.8 Å². The first-order valence-electron chi connectivity index (χ1n) is 8.01. The Morgan fingerprint density at radius 2 is 1.96 bits per heavy atom. The first-order chi connectivity index (χ1) is 13.5. The van der Waals surface area contributed by atoms with Gasteiger partial charge in [0.25, 0.3) is 17.5 Å². The molecule has 2 heterocycles. The highest BCUT2D eigenvalue weighted by molar-refractivity contribution is 6.03. The van der Waals surface area contributed by atoms with Crippen LogP contribution in [0.2, 0.25) is 0 Å². The van der Waals surface area contributed by atoms with Gasteiger partial charge >= 0.3 is 6.01 Å². The molecule has 2 aromatic carbocycles. The van der Waals surface area contributed by atoms with Gasteiger partial charge in [-0.05, 0) is 18.2 Å². The molecule has 10 nitrogen and oxygen atoms in total. The lowest BCUT2D eigenvalue weighted by atomic mass is 10.2. The molecule has 0 aliphatic heterocycles. The number of hydrogen-bond acceptors (Lipinski definition) is 8. The van der Waals surface area contributed by atoms with E-state index in [0.717, 1.165) is 11.5 Å². The maximum Gasteiger partial charge on any atom is 0.322 e. The molecule has 0 aliphatic carbocycles. The third-order valence-corrected chi connectivity index (χ3v) is 3.90. The topological polar surface area (TPSA) is 134 Å². The number of non-ortho nitro benzene ring substituents is 1. The monoisotopic (exact) mass is 380 g/mol. The van der Waals surface area contributed by atoms with Crippen LogP contribution in [0.4, 0.5) is 11.7 Å². The number of fused-ring (bicyclic) bond motifs is 1. The summed E-state index contributed by atoms with van der Waals surface area (Å²) in [6, 6.07) is 12.2. The molecule has 28 heavy (non-hydrogen) atoms. The molecule has 10 heteroatoms. The van der Waals surface area contributed by atoms with Crippen molar-refractivity contribution >= 4 is 28.6 Å². The van der Waals surface area contributed by atoms with Gasteiger partial charge in [0.2, 0.25) is 0 Å². The summed E-state index contributed by atoms with van der Waals surface area (Å²) in [6.45, 7) is 0. The quantitative estimate of drug-likeness (QED) is 0.409. The molecule has 1 amide bonds. The Labute approximate surface area is 156 Å². The predicted octanol–water partition coefficient (Wildman–Crippen LogP) is 3.65. The summed E-state index contributed by atoms with van der Waals surface area (Å²) in [5.41, 5.74) is 0.415. The number of amides is 1. The molecular weight excluding hydrogens is 368 g/mol. The number of anilines is 1. The molecule has 0 saturated carbocycles. The molecule has 0 spiro atoms. The van der Waals surface area contributed by atoms with E-state index in [1.165, 1.54) is 25.3 Å². The summed E-state index contributed by atoms with van der Waals surface area (Å²) >= 11 is 0. The highest BCUT2D eigenvalue weighted by Crippen LogP contribution is 2.33. The van der Waals surface area contributed by atoms with Crippen LogP contribution in [0.3, 0.4) is 0 Å². The highest BCUT2D eigenvalue weighted by Gasteiger charge is 2.18. The van der Waals surface area contributed by atoms with Gasteiger partial charge in [0, 0.05) is 23.1 Å². The van der Waals surface area contributed by atoms with E-state index >= 15 is 0 Å². The fourth-order valence-electron chi connectivity index (χ4n) is 2.61. The Hall–Kier alpha value is -4.21. The van der Waals surface area contributed by atoms with Crippen molar-refractivity contribution in [2.45, 2.75) is 0 Å². The van der Waals surface area contributed by atoms with E-state index in [4.69, 9.17) is 13.6 Å². The van der Waals surface area contributed by atoms with Crippen molar-refractivity contribution in [2.24, 2.45) is 0 Å². The minimum Gasteiger partial charge on any atom is -0.493 e. The largest absolute Gasteiger partial charge is 0.493 e. The van der Waals surface area contributed by atoms with Crippen molar-refractivity contribution in [3.05, 3.63) is 64.2 Å². The second-order valence-corrected chi connectivity index (χ2v) is 5.66. The Morgan fingerprint density at radius 1 is 1.14 bits per heavy atom. The number of nitro groups is 1. The van der Waals surface area contributed by atoms with Crippen molar-refractivity contribution < 1.29 is 23.3 Å². The van der Waals surface area contributed by atoms with E-state index in [9.17, 15) is 14.9 Å². The molecule has 0 fully saturated rings. The number of furan rings is 1. The fourth-order valence-corrected chi connectivity index (χ4v) is 2.61. The van der Waals surface area contributed by atoms with E-state index in [-0.39, 0.29) is 23.2 Å². The average molecular weight is 380 g/mol. The van der Waals surface area contributed by atoms with E-state index in [2.05, 4.69) is 15.5 Å². The molecule has 4 rings (SSSR count). The van der Waals surface area contributed by atoms with Crippen LogP contribution < -0.4 is 10.1 Å². The van der Waals surface area contributed by atoms with E-state index in [1.807, 2.05) is 12.1 Å². The number of para-hydroxylation sites is 1. The summed E-state index contributed by atoms with van der Waals surface area (Å²) in [4.78, 5) is 22.5. The molecule has 2 aromatic heterocycles. The summed E-state index contributed by atoms with van der Waals surface area (Å²) in [7, 11) is 1.53. The maximum absolute atomic E-state index is 12.3. The van der Waals surface area contributed by atoms with Gasteiger partial charge in [-0.1, -0.05) is 23.3 Å². The summed E-state index contributed by atoms with van der Waals surface area (Å²) in [5, 5.41) is 21.6. The Kier molecular flexibility index (Phi) is 4.20. The molecular formula is C18H12N4O6. The summed E-state index contributed by atoms with van der Waals surface area (Å²) in [6.07, 6.45) is 0. The van der Waals surface area contributed by atoms with E-state index in [1.54, 1.807) is 12.1 Å². The molecule has 0 saturated heterocycles. The van der Waals surface area contributed by atoms with Gasteiger partial charge in [0.05, 0.1) is 12.0 Å². The molecule has 4 aromatic rings. The van der Waals surface area contributed by atoms with Crippen molar-refractivity contribution in [1.29, 1.82) is 0 Å². The molecule has 140 valence electrons. The van der Waals surface area contributed by atoms with Gasteiger partial charge in [-0.3, -0.25) is 20.2 Å². The first-order valence-corrected chi connectivity index (χ1v) is 8.01. The van der Waals surface area contributed by atoms with Gasteiger partial charge in [-0.25, -0.2) is 0 Å². The van der Waals surface area contributed by atoms with E-state index in [0.29, 0.717) is 17.1 Å². The highest BCUT2D eigenvalue weighted by atomic mass is 16.6. The average Bonchev–Trinajstić information content (AvgIpc) is 3.34. The normalized spacial score (nSPS) is 10.8. The third kappa shape index (κ3) is 3.14. The minimum absolute atomic E-state index is 0.0626. The summed E-state index contributed by atoms with van der Waals surface area (Å²) in [5.74, 6) is 0.308. The van der Waals surface area contributed by atoms with Crippen LogP contribution in [0.15, 0.2) is 57.4 Å². The number of carbonyl (C=O) groups is 1. The van der Waals surface area contributed by atoms with Crippen molar-refractivity contribution in [3.63, 3.8) is 0 Å². The van der Waals surface area contributed by atoms with Crippen LogP contribution >= 0.6 is 0 Å².